The van der Waals surface area contributed by atoms with Gasteiger partial charge in [-0.3, -0.25) is 9.36 Å². The number of carbonyl (C=O) groups is 1. The smallest absolute Gasteiger partial charge is 0.226 e. The van der Waals surface area contributed by atoms with Crippen molar-refractivity contribution >= 4 is 56.1 Å². The van der Waals surface area contributed by atoms with Gasteiger partial charge in [0.15, 0.2) is 5.65 Å². The van der Waals surface area contributed by atoms with Gasteiger partial charge in [-0.2, -0.15) is 9.97 Å². The average molecular weight is 558 g/mol. The second kappa shape index (κ2) is 9.80. The zero-order valence-electron chi connectivity index (χ0n) is 22.2. The van der Waals surface area contributed by atoms with Gasteiger partial charge in [0, 0.05) is 45.1 Å². The van der Waals surface area contributed by atoms with Crippen molar-refractivity contribution in [3.8, 4) is 5.69 Å². The molecule has 1 unspecified atom stereocenters. The van der Waals surface area contributed by atoms with Gasteiger partial charge in [-0.15, -0.1) is 0 Å². The number of nitrogens with two attached hydrogens (primary N) is 1. The maximum Gasteiger partial charge on any atom is 0.226 e. The van der Waals surface area contributed by atoms with Crippen LogP contribution >= 0.6 is 15.9 Å². The summed E-state index contributed by atoms with van der Waals surface area (Å²) in [7, 11) is 5.70. The fourth-order valence-corrected chi connectivity index (χ4v) is 6.34. The molecule has 1 aliphatic heterocycles. The van der Waals surface area contributed by atoms with Gasteiger partial charge >= 0.3 is 0 Å². The molecule has 1 aliphatic rings. The number of nitrogens with one attached hydrogen (secondary N) is 3. The van der Waals surface area contributed by atoms with Gasteiger partial charge in [0.2, 0.25) is 11.9 Å². The van der Waals surface area contributed by atoms with Gasteiger partial charge in [0.05, 0.1) is 16.8 Å². The Hall–Kier alpha value is -3.01. The third-order valence-electron chi connectivity index (χ3n) is 7.38. The van der Waals surface area contributed by atoms with Crippen LogP contribution in [-0.4, -0.2) is 54.7 Å². The standard InChI is InChI=1S/C26H37BrN8O/c1-14-10-17(27)11-15(2)21(14)35-23-19(20(29-5)24(35)30-6)22(32-25(31-7)33-23)34-9-8-16(12-18(28)36)26(3,4)13-34/h10-11,16,29-30H,8-9,12-13H2,1-7H3,(H2,28,36)(H,31,32,33). The van der Waals surface area contributed by atoms with Crippen molar-refractivity contribution < 1.29 is 4.79 Å². The van der Waals surface area contributed by atoms with Crippen molar-refractivity contribution in [1.82, 2.24) is 14.5 Å². The molecular formula is C26H37BrN8O. The number of nitrogens with zero attached hydrogens (tertiary/aromatic N) is 4. The zero-order valence-corrected chi connectivity index (χ0v) is 23.8. The minimum atomic E-state index is -0.239. The molecule has 36 heavy (non-hydrogen) atoms. The fourth-order valence-electron chi connectivity index (χ4n) is 5.66. The SMILES string of the molecule is CNc1nc(N2CCC(CC(N)=O)C(C)(C)C2)c2c(NC)c(NC)n(-c3c(C)cc(Br)cc3C)c2n1. The quantitative estimate of drug-likeness (QED) is 0.335. The molecule has 10 heteroatoms. The lowest BCUT2D eigenvalue weighted by atomic mass is 9.72. The number of piperidine rings is 1. The first-order valence-corrected chi connectivity index (χ1v) is 13.1. The summed E-state index contributed by atoms with van der Waals surface area (Å²) in [6.45, 7) is 10.2. The molecule has 0 aliphatic carbocycles. The van der Waals surface area contributed by atoms with Crippen LogP contribution in [0.5, 0.6) is 0 Å². The van der Waals surface area contributed by atoms with Crippen molar-refractivity contribution in [1.29, 1.82) is 0 Å². The summed E-state index contributed by atoms with van der Waals surface area (Å²) in [4.78, 5) is 23.9. The Labute approximate surface area is 221 Å². The summed E-state index contributed by atoms with van der Waals surface area (Å²) < 4.78 is 3.24. The van der Waals surface area contributed by atoms with Gasteiger partial charge in [0.25, 0.3) is 0 Å². The molecule has 3 heterocycles. The number of anilines is 4. The Kier molecular flexibility index (Phi) is 7.10. The number of rotatable bonds is 7. The lowest BCUT2D eigenvalue weighted by molar-refractivity contribution is -0.120. The van der Waals surface area contributed by atoms with E-state index in [9.17, 15) is 4.79 Å². The van der Waals surface area contributed by atoms with E-state index in [0.717, 1.165) is 69.2 Å². The van der Waals surface area contributed by atoms with Crippen LogP contribution in [0.15, 0.2) is 16.6 Å². The fraction of sp³-hybridized carbons (Fsp3) is 0.500. The van der Waals surface area contributed by atoms with E-state index in [1.54, 1.807) is 0 Å². The number of fused-ring (bicyclic) bond motifs is 1. The van der Waals surface area contributed by atoms with Crippen molar-refractivity contribution in [2.24, 2.45) is 17.1 Å². The molecule has 0 radical (unpaired) electrons. The Morgan fingerprint density at radius 1 is 1.14 bits per heavy atom. The molecule has 5 N–H and O–H groups in total. The number of aromatic nitrogens is 3. The van der Waals surface area contributed by atoms with Crippen LogP contribution in [0, 0.1) is 25.2 Å². The first-order valence-electron chi connectivity index (χ1n) is 12.3. The van der Waals surface area contributed by atoms with Crippen LogP contribution in [0.4, 0.5) is 23.3 Å². The third kappa shape index (κ3) is 4.47. The third-order valence-corrected chi connectivity index (χ3v) is 7.84. The summed E-state index contributed by atoms with van der Waals surface area (Å²) in [6.07, 6.45) is 1.28. The summed E-state index contributed by atoms with van der Waals surface area (Å²) in [5.74, 6) is 2.36. The normalized spacial score (nSPS) is 17.3. The number of primary amides is 1. The van der Waals surface area contributed by atoms with E-state index in [1.807, 2.05) is 21.1 Å². The highest BCUT2D eigenvalue weighted by molar-refractivity contribution is 9.10. The Morgan fingerprint density at radius 2 is 1.81 bits per heavy atom. The van der Waals surface area contributed by atoms with Crippen LogP contribution in [0.25, 0.3) is 16.7 Å². The molecule has 3 aromatic rings. The van der Waals surface area contributed by atoms with E-state index in [1.165, 1.54) is 0 Å². The predicted molar refractivity (Wildman–Crippen MR) is 153 cm³/mol. The molecule has 1 fully saturated rings. The summed E-state index contributed by atoms with van der Waals surface area (Å²) in [5, 5.41) is 11.0. The van der Waals surface area contributed by atoms with Crippen molar-refractivity contribution in [3.05, 3.63) is 27.7 Å². The monoisotopic (exact) mass is 556 g/mol. The van der Waals surface area contributed by atoms with Crippen LogP contribution in [0.2, 0.25) is 0 Å². The lowest BCUT2D eigenvalue weighted by Crippen LogP contribution is -2.47. The second-order valence-electron chi connectivity index (χ2n) is 10.3. The Morgan fingerprint density at radius 3 is 2.33 bits per heavy atom. The van der Waals surface area contributed by atoms with E-state index in [0.29, 0.717) is 12.4 Å². The van der Waals surface area contributed by atoms with Crippen LogP contribution < -0.4 is 26.6 Å². The molecule has 194 valence electrons. The van der Waals surface area contributed by atoms with Gasteiger partial charge in [-0.05, 0) is 54.9 Å². The molecular weight excluding hydrogens is 520 g/mol. The predicted octanol–water partition coefficient (Wildman–Crippen LogP) is 4.65. The molecule has 4 rings (SSSR count). The minimum Gasteiger partial charge on any atom is -0.384 e. The number of benzene rings is 1. The summed E-state index contributed by atoms with van der Waals surface area (Å²) in [5.41, 5.74) is 10.6. The average Bonchev–Trinajstić information content (AvgIpc) is 3.11. The van der Waals surface area contributed by atoms with Crippen molar-refractivity contribution in [3.63, 3.8) is 0 Å². The summed E-state index contributed by atoms with van der Waals surface area (Å²) >= 11 is 3.63. The Bertz CT molecular complexity index is 1290. The molecule has 0 bridgehead atoms. The number of hydrogen-bond donors (Lipinski definition) is 4. The molecule has 9 nitrogen and oxygen atoms in total. The van der Waals surface area contributed by atoms with Crippen molar-refractivity contribution in [2.75, 3.05) is 55.1 Å². The molecule has 1 saturated heterocycles. The molecule has 0 spiro atoms. The minimum absolute atomic E-state index is 0.0998. The van der Waals surface area contributed by atoms with Gasteiger partial charge < -0.3 is 26.6 Å². The van der Waals surface area contributed by atoms with E-state index in [2.05, 4.69) is 81.2 Å². The first-order chi connectivity index (χ1) is 17.0. The first kappa shape index (κ1) is 26.1. The number of hydrogen-bond acceptors (Lipinski definition) is 7. The number of carbonyl (C=O) groups excluding carboxylic acids is 1. The molecule has 1 aromatic carbocycles. The van der Waals surface area contributed by atoms with E-state index in [4.69, 9.17) is 15.7 Å². The highest BCUT2D eigenvalue weighted by Gasteiger charge is 2.38. The van der Waals surface area contributed by atoms with E-state index >= 15 is 0 Å². The molecule has 0 saturated carbocycles. The number of amides is 1. The molecule has 2 aromatic heterocycles. The largest absolute Gasteiger partial charge is 0.384 e. The summed E-state index contributed by atoms with van der Waals surface area (Å²) in [6, 6.07) is 4.25. The van der Waals surface area contributed by atoms with Crippen LogP contribution in [0.1, 0.15) is 37.8 Å². The Balaban J connectivity index is 1.98. The molecule has 1 amide bonds. The number of aryl methyl sites for hydroxylation is 2. The van der Waals surface area contributed by atoms with Gasteiger partial charge in [-0.1, -0.05) is 29.8 Å². The van der Waals surface area contributed by atoms with Crippen molar-refractivity contribution in [2.45, 2.75) is 40.5 Å². The van der Waals surface area contributed by atoms with E-state index < -0.39 is 0 Å². The maximum absolute atomic E-state index is 11.7. The zero-order chi connectivity index (χ0) is 26.4. The molecule has 1 atom stereocenters. The van der Waals surface area contributed by atoms with Crippen LogP contribution in [-0.2, 0) is 4.79 Å². The van der Waals surface area contributed by atoms with E-state index in [-0.39, 0.29) is 17.2 Å². The lowest BCUT2D eigenvalue weighted by Gasteiger charge is -2.44. The van der Waals surface area contributed by atoms with Gasteiger partial charge in [0.1, 0.15) is 11.6 Å². The second-order valence-corrected chi connectivity index (χ2v) is 11.2. The highest BCUT2D eigenvalue weighted by atomic mass is 79.9. The number of halogens is 1. The van der Waals surface area contributed by atoms with Crippen LogP contribution in [0.3, 0.4) is 0 Å². The topological polar surface area (TPSA) is 113 Å². The highest BCUT2D eigenvalue weighted by Crippen LogP contribution is 2.45. The van der Waals surface area contributed by atoms with Gasteiger partial charge in [-0.25, -0.2) is 0 Å². The maximum atomic E-state index is 11.7.